The zero-order valence-electron chi connectivity index (χ0n) is 27.4. The molecule has 1 atom stereocenters. The van der Waals surface area contributed by atoms with E-state index in [1.54, 1.807) is 0 Å². The number of hydrogen-bond acceptors (Lipinski definition) is 8. The highest BCUT2D eigenvalue weighted by Gasteiger charge is 2.22. The summed E-state index contributed by atoms with van der Waals surface area (Å²) in [4.78, 5) is 18.0. The molecule has 1 aliphatic heterocycles. The highest BCUT2D eigenvalue weighted by atomic mass is 16.7. The van der Waals surface area contributed by atoms with Gasteiger partial charge >= 0.3 is 0 Å². The fraction of sp³-hybridized carbons (Fsp3) is 0.472. The van der Waals surface area contributed by atoms with Crippen LogP contribution in [0.2, 0.25) is 0 Å². The fourth-order valence-electron chi connectivity index (χ4n) is 4.44. The van der Waals surface area contributed by atoms with Crippen molar-refractivity contribution in [2.75, 3.05) is 46.2 Å². The van der Waals surface area contributed by atoms with Crippen molar-refractivity contribution in [3.8, 4) is 23.0 Å². The van der Waals surface area contributed by atoms with Crippen molar-refractivity contribution < 1.29 is 38.1 Å². The number of hydroxylamine groups is 1. The molecule has 0 fully saturated rings. The summed E-state index contributed by atoms with van der Waals surface area (Å²) in [6, 6.07) is 21.4. The van der Waals surface area contributed by atoms with E-state index < -0.39 is 12.0 Å². The van der Waals surface area contributed by atoms with Gasteiger partial charge in [-0.1, -0.05) is 84.0 Å². The summed E-state index contributed by atoms with van der Waals surface area (Å²) in [5.41, 5.74) is 5.43. The Morgan fingerprint density at radius 2 is 1.24 bits per heavy atom. The van der Waals surface area contributed by atoms with Gasteiger partial charge in [0.1, 0.15) is 39.1 Å². The SMILES string of the molecule is CC(C)(C)c1ccc2c(c1)OCCOCCOc1ccc(C(C)(C)C)cc1OCC(OCC(=O)NOCc1ccccc1)CO2. The Bertz CT molecular complexity index is 1360. The van der Waals surface area contributed by atoms with Gasteiger partial charge in [-0.2, -0.15) is 0 Å². The van der Waals surface area contributed by atoms with Crippen LogP contribution in [0.4, 0.5) is 0 Å². The number of ether oxygens (including phenoxy) is 6. The molecule has 1 N–H and O–H groups in total. The lowest BCUT2D eigenvalue weighted by Gasteiger charge is -2.24. The van der Waals surface area contributed by atoms with E-state index in [9.17, 15) is 4.79 Å². The van der Waals surface area contributed by atoms with Crippen molar-refractivity contribution in [3.05, 3.63) is 83.4 Å². The van der Waals surface area contributed by atoms with E-state index in [4.69, 9.17) is 33.3 Å². The summed E-state index contributed by atoms with van der Waals surface area (Å²) in [6.45, 7) is 14.5. The van der Waals surface area contributed by atoms with E-state index in [-0.39, 0.29) is 37.3 Å². The van der Waals surface area contributed by atoms with Gasteiger partial charge in [-0.15, -0.1) is 0 Å². The summed E-state index contributed by atoms with van der Waals surface area (Å²) in [5.74, 6) is 1.94. The Labute approximate surface area is 267 Å². The standard InChI is InChI=1S/C36H47NO8/c1-35(2,3)27-13-15-31-32(20-27)41-19-17-39-16-18-40-30-14-12-28(36(4,5)6)21-33(30)44-24-29(23-43-31)42-25-34(38)37-45-22-26-10-8-7-9-11-26/h7-15,20-21,29H,16-19,22-25H2,1-6H3,(H,37,38). The Morgan fingerprint density at radius 1 is 0.711 bits per heavy atom. The van der Waals surface area contributed by atoms with Crippen LogP contribution >= 0.6 is 0 Å². The Morgan fingerprint density at radius 3 is 1.84 bits per heavy atom. The van der Waals surface area contributed by atoms with Crippen LogP contribution in [0, 0.1) is 0 Å². The third-order valence-corrected chi connectivity index (χ3v) is 7.16. The normalized spacial score (nSPS) is 16.5. The molecular formula is C36H47NO8. The molecule has 9 heteroatoms. The first-order chi connectivity index (χ1) is 21.5. The van der Waals surface area contributed by atoms with Crippen molar-refractivity contribution in [3.63, 3.8) is 0 Å². The van der Waals surface area contributed by atoms with Gasteiger partial charge in [-0.25, -0.2) is 5.48 Å². The molecule has 1 unspecified atom stereocenters. The quantitative estimate of drug-likeness (QED) is 0.327. The molecule has 0 radical (unpaired) electrons. The molecule has 0 spiro atoms. The lowest BCUT2D eigenvalue weighted by atomic mass is 9.87. The molecule has 1 heterocycles. The van der Waals surface area contributed by atoms with Crippen LogP contribution in [0.1, 0.15) is 58.2 Å². The highest BCUT2D eigenvalue weighted by Crippen LogP contribution is 2.35. The van der Waals surface area contributed by atoms with Gasteiger partial charge in [0.05, 0.1) is 19.8 Å². The minimum absolute atomic E-state index is 0.0732. The molecule has 0 saturated heterocycles. The molecule has 0 aliphatic carbocycles. The molecule has 0 bridgehead atoms. The first-order valence-corrected chi connectivity index (χ1v) is 15.4. The number of fused-ring (bicyclic) bond motifs is 2. The van der Waals surface area contributed by atoms with Gasteiger partial charge in [0, 0.05) is 0 Å². The molecule has 0 saturated carbocycles. The largest absolute Gasteiger partial charge is 0.487 e. The summed E-state index contributed by atoms with van der Waals surface area (Å²) in [5, 5.41) is 0. The number of rotatable bonds is 6. The predicted molar refractivity (Wildman–Crippen MR) is 172 cm³/mol. The molecule has 9 nitrogen and oxygen atoms in total. The second kappa shape index (κ2) is 16.0. The van der Waals surface area contributed by atoms with Crippen molar-refractivity contribution in [2.24, 2.45) is 0 Å². The third kappa shape index (κ3) is 11.0. The van der Waals surface area contributed by atoms with Gasteiger partial charge in [0.25, 0.3) is 5.91 Å². The van der Waals surface area contributed by atoms with Crippen molar-refractivity contribution >= 4 is 5.91 Å². The van der Waals surface area contributed by atoms with Crippen LogP contribution in [0.5, 0.6) is 23.0 Å². The summed E-state index contributed by atoms with van der Waals surface area (Å²) >= 11 is 0. The zero-order valence-corrected chi connectivity index (χ0v) is 27.4. The maximum absolute atomic E-state index is 12.6. The lowest BCUT2D eigenvalue weighted by molar-refractivity contribution is -0.142. The summed E-state index contributed by atoms with van der Waals surface area (Å²) in [6.07, 6.45) is -0.609. The average molecular weight is 622 g/mol. The van der Waals surface area contributed by atoms with Crippen molar-refractivity contribution in [2.45, 2.75) is 65.1 Å². The van der Waals surface area contributed by atoms with Crippen LogP contribution in [-0.2, 0) is 36.5 Å². The van der Waals surface area contributed by atoms with E-state index in [0.717, 1.165) is 16.7 Å². The van der Waals surface area contributed by atoms with Crippen LogP contribution in [0.3, 0.4) is 0 Å². The Kier molecular flexibility index (Phi) is 12.1. The highest BCUT2D eigenvalue weighted by molar-refractivity contribution is 5.76. The van der Waals surface area contributed by atoms with Gasteiger partial charge in [-0.3, -0.25) is 9.63 Å². The number of hydrogen-bond donors (Lipinski definition) is 1. The Balaban J connectivity index is 1.51. The molecular weight excluding hydrogens is 574 g/mol. The monoisotopic (exact) mass is 621 g/mol. The zero-order chi connectivity index (χ0) is 32.3. The molecule has 4 rings (SSSR count). The molecule has 3 aromatic carbocycles. The topological polar surface area (TPSA) is 93.7 Å². The van der Waals surface area contributed by atoms with E-state index in [2.05, 4.69) is 47.0 Å². The van der Waals surface area contributed by atoms with Crippen LogP contribution in [-0.4, -0.2) is 58.3 Å². The number of amides is 1. The molecule has 0 aromatic heterocycles. The molecule has 45 heavy (non-hydrogen) atoms. The second-order valence-electron chi connectivity index (χ2n) is 13.0. The van der Waals surface area contributed by atoms with E-state index in [0.29, 0.717) is 49.4 Å². The van der Waals surface area contributed by atoms with E-state index in [1.165, 1.54) is 0 Å². The number of carbonyl (C=O) groups excluding carboxylic acids is 1. The van der Waals surface area contributed by atoms with E-state index in [1.807, 2.05) is 66.7 Å². The number of nitrogens with one attached hydrogen (secondary N) is 1. The van der Waals surface area contributed by atoms with Crippen molar-refractivity contribution in [1.82, 2.24) is 5.48 Å². The van der Waals surface area contributed by atoms with Crippen molar-refractivity contribution in [1.29, 1.82) is 0 Å². The lowest BCUT2D eigenvalue weighted by Crippen LogP contribution is -2.35. The predicted octanol–water partition coefficient (Wildman–Crippen LogP) is 6.16. The second-order valence-corrected chi connectivity index (χ2v) is 13.0. The molecule has 1 aliphatic rings. The average Bonchev–Trinajstić information content (AvgIpc) is 3.00. The maximum Gasteiger partial charge on any atom is 0.269 e. The minimum Gasteiger partial charge on any atom is -0.487 e. The first-order valence-electron chi connectivity index (χ1n) is 15.4. The number of carbonyl (C=O) groups is 1. The van der Waals surface area contributed by atoms with Gasteiger partial charge < -0.3 is 28.4 Å². The molecule has 244 valence electrons. The number of benzene rings is 3. The summed E-state index contributed by atoms with van der Waals surface area (Å²) < 4.78 is 36.4. The first kappa shape index (κ1) is 34.1. The molecule has 1 amide bonds. The van der Waals surface area contributed by atoms with Gasteiger partial charge in [-0.05, 0) is 51.8 Å². The van der Waals surface area contributed by atoms with Crippen LogP contribution < -0.4 is 24.4 Å². The minimum atomic E-state index is -0.609. The summed E-state index contributed by atoms with van der Waals surface area (Å²) in [7, 11) is 0. The molecule has 3 aromatic rings. The Hall–Kier alpha value is -3.79. The fourth-order valence-corrected chi connectivity index (χ4v) is 4.44. The van der Waals surface area contributed by atoms with Gasteiger partial charge in [0.15, 0.2) is 23.0 Å². The maximum atomic E-state index is 12.6. The van der Waals surface area contributed by atoms with Gasteiger partial charge in [0.2, 0.25) is 0 Å². The van der Waals surface area contributed by atoms with Crippen LogP contribution in [0.15, 0.2) is 66.7 Å². The third-order valence-electron chi connectivity index (χ3n) is 7.16. The van der Waals surface area contributed by atoms with E-state index >= 15 is 0 Å². The smallest absolute Gasteiger partial charge is 0.269 e. The van der Waals surface area contributed by atoms with Crippen LogP contribution in [0.25, 0.3) is 0 Å².